The van der Waals surface area contributed by atoms with Crippen LogP contribution in [0.5, 0.6) is 0 Å². The van der Waals surface area contributed by atoms with E-state index in [2.05, 4.69) is 58.3 Å². The van der Waals surface area contributed by atoms with E-state index in [0.29, 0.717) is 10.8 Å². The minimum absolute atomic E-state index is 0. The van der Waals surface area contributed by atoms with Gasteiger partial charge < -0.3 is 0 Å². The van der Waals surface area contributed by atoms with Gasteiger partial charge in [-0.1, -0.05) is 60.1 Å². The molecule has 3 aromatic carbocycles. The molecular formula is C32H41Cl3N2O2S. The van der Waals surface area contributed by atoms with Gasteiger partial charge >= 0.3 is 0 Å². The average molecular weight is 624 g/mol. The largest absolute Gasteiger partial charge is 0.299 e. The van der Waals surface area contributed by atoms with E-state index in [9.17, 15) is 8.42 Å². The molecule has 0 atom stereocenters. The normalized spacial score (nSPS) is 16.8. The van der Waals surface area contributed by atoms with E-state index in [0.717, 1.165) is 82.8 Å². The predicted octanol–water partition coefficient (Wildman–Crippen LogP) is 7.25. The highest BCUT2D eigenvalue weighted by molar-refractivity contribution is 7.91. The maximum Gasteiger partial charge on any atom is 0.178 e. The molecule has 0 aromatic heterocycles. The Hall–Kier alpha value is -1.60. The molecule has 0 radical (unpaired) electrons. The molecule has 0 bridgehead atoms. The second kappa shape index (κ2) is 15.6. The lowest BCUT2D eigenvalue weighted by atomic mass is 9.92. The van der Waals surface area contributed by atoms with Gasteiger partial charge in [0.05, 0.1) is 10.6 Å². The first-order chi connectivity index (χ1) is 18.4. The number of hydrogen-bond acceptors (Lipinski definition) is 4. The highest BCUT2D eigenvalue weighted by Gasteiger charge is 2.22. The van der Waals surface area contributed by atoms with Crippen LogP contribution in [-0.2, 0) is 35.8 Å². The van der Waals surface area contributed by atoms with Gasteiger partial charge in [0.2, 0.25) is 0 Å². The predicted molar refractivity (Wildman–Crippen MR) is 171 cm³/mol. The summed E-state index contributed by atoms with van der Waals surface area (Å²) in [5, 5.41) is 0.777. The van der Waals surface area contributed by atoms with Gasteiger partial charge in [-0.3, -0.25) is 9.80 Å². The van der Waals surface area contributed by atoms with Gasteiger partial charge in [-0.2, -0.15) is 0 Å². The van der Waals surface area contributed by atoms with Gasteiger partial charge in [0, 0.05) is 31.2 Å². The summed E-state index contributed by atoms with van der Waals surface area (Å²) >= 11 is 6.00. The zero-order valence-corrected chi connectivity index (χ0v) is 26.2. The molecule has 4 nitrogen and oxygen atoms in total. The van der Waals surface area contributed by atoms with Crippen molar-refractivity contribution in [3.05, 3.63) is 100 Å². The zero-order valence-electron chi connectivity index (χ0n) is 23.0. The molecule has 3 aromatic rings. The lowest BCUT2D eigenvalue weighted by Gasteiger charge is -2.32. The number of rotatable bonds is 9. The van der Waals surface area contributed by atoms with Crippen molar-refractivity contribution in [2.45, 2.75) is 56.5 Å². The maximum atomic E-state index is 13.2. The van der Waals surface area contributed by atoms with Crippen molar-refractivity contribution in [1.29, 1.82) is 0 Å². The molecule has 8 heteroatoms. The van der Waals surface area contributed by atoms with Crippen LogP contribution in [-0.4, -0.2) is 50.1 Å². The summed E-state index contributed by atoms with van der Waals surface area (Å²) in [7, 11) is -3.26. The molecule has 40 heavy (non-hydrogen) atoms. The second-order valence-electron chi connectivity index (χ2n) is 11.0. The summed E-state index contributed by atoms with van der Waals surface area (Å²) in [6.45, 7) is 6.02. The van der Waals surface area contributed by atoms with E-state index in [1.165, 1.54) is 22.3 Å². The third kappa shape index (κ3) is 9.20. The van der Waals surface area contributed by atoms with Crippen molar-refractivity contribution >= 4 is 46.3 Å². The molecule has 0 aliphatic carbocycles. The first-order valence-corrected chi connectivity index (χ1v) is 16.1. The molecule has 1 fully saturated rings. The summed E-state index contributed by atoms with van der Waals surface area (Å²) in [5.41, 5.74) is 5.12. The minimum Gasteiger partial charge on any atom is -0.299 e. The van der Waals surface area contributed by atoms with Crippen LogP contribution in [0.1, 0.15) is 47.9 Å². The van der Waals surface area contributed by atoms with Crippen LogP contribution in [0.2, 0.25) is 5.02 Å². The number of nitrogens with zero attached hydrogens (tertiary/aromatic N) is 2. The summed E-state index contributed by atoms with van der Waals surface area (Å²) in [5.74, 6) is 0.867. The average Bonchev–Trinajstić information content (AvgIpc) is 3.13. The monoisotopic (exact) mass is 622 g/mol. The van der Waals surface area contributed by atoms with Crippen LogP contribution in [0.25, 0.3) is 0 Å². The Labute approximate surface area is 257 Å². The number of fused-ring (bicyclic) bond motifs is 1. The van der Waals surface area contributed by atoms with Gasteiger partial charge in [-0.15, -0.1) is 24.8 Å². The van der Waals surface area contributed by atoms with Crippen molar-refractivity contribution < 1.29 is 8.42 Å². The summed E-state index contributed by atoms with van der Waals surface area (Å²) in [6, 6.07) is 24.6. The fourth-order valence-electron chi connectivity index (χ4n) is 5.90. The first-order valence-electron chi connectivity index (χ1n) is 14.0. The third-order valence-electron chi connectivity index (χ3n) is 8.23. The van der Waals surface area contributed by atoms with E-state index in [1.54, 1.807) is 0 Å². The number of likely N-dealkylation sites (tertiary alicyclic amines) is 1. The molecule has 2 heterocycles. The van der Waals surface area contributed by atoms with Crippen LogP contribution in [0.4, 0.5) is 0 Å². The van der Waals surface area contributed by atoms with Gasteiger partial charge in [0.15, 0.2) is 9.84 Å². The number of hydrogen-bond donors (Lipinski definition) is 0. The molecule has 218 valence electrons. The lowest BCUT2D eigenvalue weighted by molar-refractivity contribution is 0.172. The van der Waals surface area contributed by atoms with E-state index in [4.69, 9.17) is 11.6 Å². The van der Waals surface area contributed by atoms with Crippen LogP contribution in [0, 0.1) is 5.92 Å². The van der Waals surface area contributed by atoms with Gasteiger partial charge in [-0.05, 0) is 104 Å². The zero-order chi connectivity index (χ0) is 26.4. The Morgan fingerprint density at radius 2 is 1.32 bits per heavy atom. The SMILES string of the molecule is Cl.Cl.O=S(=O)(CCCC1CCN(Cc2ccc(Cl)cc2)CC1)c1ccc2c(c1)CCN(Cc1ccccc1)CC2. The number of piperidine rings is 1. The fourth-order valence-corrected chi connectivity index (χ4v) is 7.41. The smallest absolute Gasteiger partial charge is 0.178 e. The van der Waals surface area contributed by atoms with Crippen molar-refractivity contribution in [3.8, 4) is 0 Å². The summed E-state index contributed by atoms with van der Waals surface area (Å²) < 4.78 is 26.4. The van der Waals surface area contributed by atoms with Crippen LogP contribution in [0.3, 0.4) is 0 Å². The molecular weight excluding hydrogens is 583 g/mol. The van der Waals surface area contributed by atoms with E-state index in [1.807, 2.05) is 24.3 Å². The first kappa shape index (κ1) is 32.9. The Morgan fingerprint density at radius 3 is 2.00 bits per heavy atom. The van der Waals surface area contributed by atoms with E-state index in [-0.39, 0.29) is 30.6 Å². The summed E-state index contributed by atoms with van der Waals surface area (Å²) in [4.78, 5) is 5.47. The van der Waals surface area contributed by atoms with Crippen molar-refractivity contribution in [1.82, 2.24) is 9.80 Å². The second-order valence-corrected chi connectivity index (χ2v) is 13.5. The third-order valence-corrected chi connectivity index (χ3v) is 10.3. The molecule has 0 saturated carbocycles. The van der Waals surface area contributed by atoms with Crippen molar-refractivity contribution in [2.75, 3.05) is 31.9 Å². The minimum atomic E-state index is -3.26. The van der Waals surface area contributed by atoms with Crippen molar-refractivity contribution in [2.24, 2.45) is 5.92 Å². The molecule has 1 saturated heterocycles. The van der Waals surface area contributed by atoms with Crippen LogP contribution >= 0.6 is 36.4 Å². The van der Waals surface area contributed by atoms with Crippen LogP contribution in [0.15, 0.2) is 77.7 Å². The van der Waals surface area contributed by atoms with Gasteiger partial charge in [-0.25, -0.2) is 8.42 Å². The number of benzene rings is 3. The topological polar surface area (TPSA) is 40.6 Å². The quantitative estimate of drug-likeness (QED) is 0.252. The van der Waals surface area contributed by atoms with Gasteiger partial charge in [0.25, 0.3) is 0 Å². The summed E-state index contributed by atoms with van der Waals surface area (Å²) in [6.07, 6.45) is 5.90. The van der Waals surface area contributed by atoms with Crippen molar-refractivity contribution in [3.63, 3.8) is 0 Å². The van der Waals surface area contributed by atoms with Gasteiger partial charge in [0.1, 0.15) is 0 Å². The molecule has 0 N–H and O–H groups in total. The number of sulfone groups is 1. The molecule has 2 aliphatic heterocycles. The molecule has 0 unspecified atom stereocenters. The molecule has 0 amide bonds. The van der Waals surface area contributed by atoms with E-state index < -0.39 is 9.84 Å². The lowest BCUT2D eigenvalue weighted by Crippen LogP contribution is -2.33. The Balaban J connectivity index is 0.00000220. The Bertz CT molecular complexity index is 1300. The molecule has 2 aliphatic rings. The Kier molecular flexibility index (Phi) is 12.8. The maximum absolute atomic E-state index is 13.2. The standard InChI is InChI=1S/C32H39ClN2O2S.2ClH/c33-31-11-8-28(9-12-31)25-34-18-14-26(15-19-34)7-4-22-38(36,37)32-13-10-29-16-20-35(21-17-30(29)23-32)24-27-5-2-1-3-6-27;;/h1-3,5-6,8-13,23,26H,4,7,14-22,24-25H2;2*1H. The van der Waals surface area contributed by atoms with Crippen LogP contribution < -0.4 is 0 Å². The molecule has 5 rings (SSSR count). The Morgan fingerprint density at radius 1 is 0.725 bits per heavy atom. The van der Waals surface area contributed by atoms with E-state index >= 15 is 0 Å². The highest BCUT2D eigenvalue weighted by atomic mass is 35.5. The molecule has 0 spiro atoms. The fraction of sp³-hybridized carbons (Fsp3) is 0.438. The highest BCUT2D eigenvalue weighted by Crippen LogP contribution is 2.26. The number of halogens is 3.